The van der Waals surface area contributed by atoms with Gasteiger partial charge in [0.25, 0.3) is 0 Å². The summed E-state index contributed by atoms with van der Waals surface area (Å²) in [7, 11) is -3.04. The van der Waals surface area contributed by atoms with Crippen molar-refractivity contribution in [3.8, 4) is 11.1 Å². The molecule has 6 heteroatoms. The standard InChI is InChI=1S/C65H56N2O2Si2/c1-65(2)58-17-13-16-53-54-37-44(66(42-22-29-48(30-23-42)70(3,4)5)45-27-34-62-55(38-45)51-14-9-11-18-60(51)68-62)21-20-41(54)36-57(64(53)58)50-33-26-47(40-59(50)65)67(43-24-31-49(32-25-43)71(6,7)8)46-28-35-63-56(39-46)52-15-10-12-19-61(52)69-63/h9-40H,1-8H3. The molecule has 71 heavy (non-hydrogen) atoms. The number of benzene rings is 10. The molecule has 4 nitrogen and oxygen atoms in total. The van der Waals surface area contributed by atoms with Gasteiger partial charge >= 0.3 is 0 Å². The molecule has 0 unspecified atom stereocenters. The van der Waals surface area contributed by atoms with E-state index in [-0.39, 0.29) is 5.41 Å². The topological polar surface area (TPSA) is 32.8 Å². The third kappa shape index (κ3) is 6.98. The van der Waals surface area contributed by atoms with Gasteiger partial charge in [-0.05, 0) is 147 Å². The fourth-order valence-electron chi connectivity index (χ4n) is 11.5. The third-order valence-electron chi connectivity index (χ3n) is 15.3. The first-order valence-corrected chi connectivity index (χ1v) is 32.0. The number of para-hydroxylation sites is 2. The van der Waals surface area contributed by atoms with Crippen molar-refractivity contribution in [2.75, 3.05) is 9.80 Å². The molecule has 0 aliphatic heterocycles. The number of furan rings is 2. The number of hydrogen-bond donors (Lipinski definition) is 0. The van der Waals surface area contributed by atoms with E-state index in [1.54, 1.807) is 0 Å². The second-order valence-electron chi connectivity index (χ2n) is 22.2. The zero-order valence-electron chi connectivity index (χ0n) is 41.7. The molecule has 12 aromatic rings. The van der Waals surface area contributed by atoms with Gasteiger partial charge < -0.3 is 18.6 Å². The minimum atomic E-state index is -1.52. The van der Waals surface area contributed by atoms with Gasteiger partial charge in [-0.3, -0.25) is 0 Å². The Hall–Kier alpha value is -7.65. The first-order valence-electron chi connectivity index (χ1n) is 25.0. The molecule has 0 saturated heterocycles. The Morgan fingerprint density at radius 3 is 1.31 bits per heavy atom. The van der Waals surface area contributed by atoms with Gasteiger partial charge in [-0.25, -0.2) is 0 Å². The van der Waals surface area contributed by atoms with Gasteiger partial charge in [0.05, 0.1) is 16.1 Å². The second kappa shape index (κ2) is 15.7. The van der Waals surface area contributed by atoms with Crippen LogP contribution < -0.4 is 20.2 Å². The van der Waals surface area contributed by atoms with E-state index in [0.29, 0.717) is 0 Å². The summed E-state index contributed by atoms with van der Waals surface area (Å²) in [5.41, 5.74) is 15.2. The molecule has 0 spiro atoms. The zero-order valence-corrected chi connectivity index (χ0v) is 43.7. The Morgan fingerprint density at radius 1 is 0.338 bits per heavy atom. The quantitative estimate of drug-likeness (QED) is 0.112. The lowest BCUT2D eigenvalue weighted by Gasteiger charge is -2.37. The number of fused-ring (bicyclic) bond motifs is 10. The normalized spacial score (nSPS) is 13.5. The number of nitrogens with zero attached hydrogens (tertiary/aromatic N) is 2. The lowest BCUT2D eigenvalue weighted by molar-refractivity contribution is 0.645. The second-order valence-corrected chi connectivity index (χ2v) is 32.4. The van der Waals surface area contributed by atoms with E-state index < -0.39 is 16.1 Å². The molecule has 0 fully saturated rings. The summed E-state index contributed by atoms with van der Waals surface area (Å²) >= 11 is 0. The Kier molecular flexibility index (Phi) is 9.58. The fraction of sp³-hybridized carbons (Fsp3) is 0.138. The van der Waals surface area contributed by atoms with Crippen molar-refractivity contribution < 1.29 is 8.83 Å². The highest BCUT2D eigenvalue weighted by atomic mass is 28.3. The van der Waals surface area contributed by atoms with Crippen LogP contribution in [-0.4, -0.2) is 16.1 Å². The Balaban J connectivity index is 0.970. The molecule has 0 amide bonds. The van der Waals surface area contributed by atoms with Crippen LogP contribution in [0.1, 0.15) is 25.0 Å². The Labute approximate surface area is 417 Å². The van der Waals surface area contributed by atoms with Crippen molar-refractivity contribution in [3.63, 3.8) is 0 Å². The molecule has 2 heterocycles. The number of anilines is 6. The van der Waals surface area contributed by atoms with Crippen molar-refractivity contribution in [1.29, 1.82) is 0 Å². The van der Waals surface area contributed by atoms with Crippen LogP contribution in [0.3, 0.4) is 0 Å². The number of hydrogen-bond acceptors (Lipinski definition) is 4. The van der Waals surface area contributed by atoms with Gasteiger partial charge in [-0.15, -0.1) is 0 Å². The molecule has 0 N–H and O–H groups in total. The lowest BCUT2D eigenvalue weighted by Crippen LogP contribution is -2.37. The summed E-state index contributed by atoms with van der Waals surface area (Å²) in [5, 5.41) is 12.4. The van der Waals surface area contributed by atoms with Crippen LogP contribution in [0.5, 0.6) is 0 Å². The van der Waals surface area contributed by atoms with E-state index in [4.69, 9.17) is 8.83 Å². The van der Waals surface area contributed by atoms with Crippen molar-refractivity contribution in [1.82, 2.24) is 0 Å². The largest absolute Gasteiger partial charge is 0.456 e. The van der Waals surface area contributed by atoms with Crippen molar-refractivity contribution in [2.24, 2.45) is 0 Å². The van der Waals surface area contributed by atoms with E-state index in [2.05, 4.69) is 245 Å². The first-order chi connectivity index (χ1) is 34.2. The Bertz CT molecular complexity index is 4110. The maximum absolute atomic E-state index is 6.32. The van der Waals surface area contributed by atoms with E-state index in [9.17, 15) is 0 Å². The zero-order chi connectivity index (χ0) is 48.6. The molecule has 0 radical (unpaired) electrons. The molecule has 1 aliphatic carbocycles. The third-order valence-corrected chi connectivity index (χ3v) is 19.5. The van der Waals surface area contributed by atoms with Gasteiger partial charge in [0.1, 0.15) is 22.3 Å². The summed E-state index contributed by atoms with van der Waals surface area (Å²) in [6.07, 6.45) is 0. The summed E-state index contributed by atoms with van der Waals surface area (Å²) in [6, 6.07) is 72.2. The minimum absolute atomic E-state index is 0.297. The molecular weight excluding hydrogens is 897 g/mol. The minimum Gasteiger partial charge on any atom is -0.456 e. The molecule has 2 aromatic heterocycles. The van der Waals surface area contributed by atoms with E-state index in [1.807, 2.05) is 12.1 Å². The molecule has 0 saturated carbocycles. The van der Waals surface area contributed by atoms with Gasteiger partial charge in [0.15, 0.2) is 0 Å². The molecule has 13 rings (SSSR count). The predicted octanol–water partition coefficient (Wildman–Crippen LogP) is 18.1. The van der Waals surface area contributed by atoms with Crippen LogP contribution in [0.25, 0.3) is 76.5 Å². The molecule has 0 atom stereocenters. The van der Waals surface area contributed by atoms with Crippen LogP contribution in [0, 0.1) is 0 Å². The van der Waals surface area contributed by atoms with E-state index in [1.165, 1.54) is 54.2 Å². The molecule has 10 aromatic carbocycles. The van der Waals surface area contributed by atoms with E-state index >= 15 is 0 Å². The maximum Gasteiger partial charge on any atom is 0.135 e. The molecule has 346 valence electrons. The van der Waals surface area contributed by atoms with Crippen LogP contribution in [0.2, 0.25) is 39.3 Å². The highest BCUT2D eigenvalue weighted by molar-refractivity contribution is 6.89. The van der Waals surface area contributed by atoms with Gasteiger partial charge in [0, 0.05) is 61.1 Å². The van der Waals surface area contributed by atoms with E-state index in [0.717, 1.165) is 78.0 Å². The van der Waals surface area contributed by atoms with Crippen molar-refractivity contribution in [2.45, 2.75) is 58.5 Å². The lowest BCUT2D eigenvalue weighted by atomic mass is 9.68. The van der Waals surface area contributed by atoms with Crippen molar-refractivity contribution >= 4 is 126 Å². The maximum atomic E-state index is 6.32. The fourth-order valence-corrected chi connectivity index (χ4v) is 13.8. The predicted molar refractivity (Wildman–Crippen MR) is 309 cm³/mol. The molecule has 1 aliphatic rings. The van der Waals surface area contributed by atoms with Crippen LogP contribution in [0.15, 0.2) is 203 Å². The van der Waals surface area contributed by atoms with Crippen LogP contribution in [0.4, 0.5) is 34.1 Å². The highest BCUT2D eigenvalue weighted by Gasteiger charge is 2.35. The van der Waals surface area contributed by atoms with Gasteiger partial charge in [-0.1, -0.05) is 154 Å². The molecule has 0 bridgehead atoms. The summed E-state index contributed by atoms with van der Waals surface area (Å²) in [4.78, 5) is 4.85. The molecular formula is C65H56N2O2Si2. The Morgan fingerprint density at radius 2 is 0.775 bits per heavy atom. The number of rotatable bonds is 8. The summed E-state index contributed by atoms with van der Waals surface area (Å²) in [5.74, 6) is 0. The van der Waals surface area contributed by atoms with Crippen molar-refractivity contribution in [3.05, 3.63) is 205 Å². The highest BCUT2D eigenvalue weighted by Crippen LogP contribution is 2.53. The van der Waals surface area contributed by atoms with Gasteiger partial charge in [-0.2, -0.15) is 0 Å². The summed E-state index contributed by atoms with van der Waals surface area (Å²) in [6.45, 7) is 19.3. The average Bonchev–Trinajstić information content (AvgIpc) is 3.93. The SMILES string of the molecule is CC1(C)c2cc(N(c3ccc([Si](C)(C)C)cc3)c3ccc4oc5ccccc5c4c3)ccc2-c2cc3ccc(N(c4ccc([Si](C)(C)C)cc4)c4ccc5oc6ccccc6c5c4)cc3c3cccc1c23. The van der Waals surface area contributed by atoms with Gasteiger partial charge in [0.2, 0.25) is 0 Å². The van der Waals surface area contributed by atoms with Crippen LogP contribution in [-0.2, 0) is 5.41 Å². The average molecular weight is 953 g/mol. The smallest absolute Gasteiger partial charge is 0.135 e. The first kappa shape index (κ1) is 43.4. The monoisotopic (exact) mass is 952 g/mol. The summed E-state index contributed by atoms with van der Waals surface area (Å²) < 4.78 is 12.6. The van der Waals surface area contributed by atoms with Crippen LogP contribution >= 0.6 is 0 Å².